The topological polar surface area (TPSA) is 59.2 Å². The first kappa shape index (κ1) is 10.3. The molecule has 0 saturated heterocycles. The molecule has 1 amide bonds. The zero-order chi connectivity index (χ0) is 11.8. The number of anilines is 2. The van der Waals surface area contributed by atoms with Crippen LogP contribution in [0.25, 0.3) is 0 Å². The molecule has 1 aromatic carbocycles. The number of aromatic nitrogens is 1. The number of rotatable bonds is 1. The van der Waals surface area contributed by atoms with Crippen molar-refractivity contribution >= 4 is 28.6 Å². The average molecular weight is 245 g/mol. The summed E-state index contributed by atoms with van der Waals surface area (Å²) in [5, 5.41) is 0. The van der Waals surface area contributed by atoms with Crippen molar-refractivity contribution in [1.82, 2.24) is 4.98 Å². The van der Waals surface area contributed by atoms with Gasteiger partial charge in [0.05, 0.1) is 11.7 Å². The van der Waals surface area contributed by atoms with Crippen molar-refractivity contribution in [2.24, 2.45) is 0 Å². The summed E-state index contributed by atoms with van der Waals surface area (Å²) in [6.07, 6.45) is 2.48. The van der Waals surface area contributed by atoms with Gasteiger partial charge in [0, 0.05) is 17.9 Å². The van der Waals surface area contributed by atoms with E-state index in [2.05, 4.69) is 4.98 Å². The monoisotopic (exact) mass is 245 g/mol. The van der Waals surface area contributed by atoms with Crippen LogP contribution in [0, 0.1) is 0 Å². The van der Waals surface area contributed by atoms with Gasteiger partial charge in [0.1, 0.15) is 4.88 Å². The van der Waals surface area contributed by atoms with Crippen molar-refractivity contribution in [2.45, 2.75) is 6.42 Å². The fourth-order valence-electron chi connectivity index (χ4n) is 2.09. The maximum Gasteiger partial charge on any atom is 0.269 e. The van der Waals surface area contributed by atoms with E-state index in [0.29, 0.717) is 4.88 Å². The molecule has 2 heterocycles. The number of hydrogen-bond acceptors (Lipinski definition) is 4. The van der Waals surface area contributed by atoms with Crippen LogP contribution in [0.15, 0.2) is 29.9 Å². The summed E-state index contributed by atoms with van der Waals surface area (Å²) >= 11 is 1.37. The largest absolute Gasteiger partial charge is 0.399 e. The van der Waals surface area contributed by atoms with E-state index in [4.69, 9.17) is 5.73 Å². The highest BCUT2D eigenvalue weighted by Crippen LogP contribution is 2.31. The standard InChI is InChI=1S/C12H11N3OS/c13-9-1-2-10-8(5-9)3-4-15(10)12(16)11-6-14-7-17-11/h1-2,5-7H,3-4,13H2. The van der Waals surface area contributed by atoms with Crippen molar-refractivity contribution in [3.8, 4) is 0 Å². The third-order valence-electron chi connectivity index (χ3n) is 2.89. The van der Waals surface area contributed by atoms with Gasteiger partial charge in [-0.2, -0.15) is 0 Å². The molecule has 0 radical (unpaired) electrons. The van der Waals surface area contributed by atoms with Crippen LogP contribution in [0.5, 0.6) is 0 Å². The Kier molecular flexibility index (Phi) is 2.33. The summed E-state index contributed by atoms with van der Waals surface area (Å²) in [6.45, 7) is 0.718. The van der Waals surface area contributed by atoms with Gasteiger partial charge < -0.3 is 10.6 Å². The Morgan fingerprint density at radius 1 is 1.47 bits per heavy atom. The zero-order valence-electron chi connectivity index (χ0n) is 9.09. The number of nitrogens with zero attached hydrogens (tertiary/aromatic N) is 2. The van der Waals surface area contributed by atoms with E-state index in [-0.39, 0.29) is 5.91 Å². The van der Waals surface area contributed by atoms with E-state index < -0.39 is 0 Å². The molecule has 1 aromatic heterocycles. The van der Waals surface area contributed by atoms with Gasteiger partial charge in [0.2, 0.25) is 0 Å². The molecule has 0 bridgehead atoms. The van der Waals surface area contributed by atoms with Crippen molar-refractivity contribution in [1.29, 1.82) is 0 Å². The molecule has 2 N–H and O–H groups in total. The van der Waals surface area contributed by atoms with Gasteiger partial charge in [-0.1, -0.05) is 0 Å². The quantitative estimate of drug-likeness (QED) is 0.781. The molecule has 0 saturated carbocycles. The number of carbonyl (C=O) groups excluding carboxylic acids is 1. The lowest BCUT2D eigenvalue weighted by atomic mass is 10.1. The van der Waals surface area contributed by atoms with Gasteiger partial charge in [0.25, 0.3) is 5.91 Å². The van der Waals surface area contributed by atoms with Gasteiger partial charge in [-0.15, -0.1) is 11.3 Å². The highest BCUT2D eigenvalue weighted by molar-refractivity contribution is 7.11. The van der Waals surface area contributed by atoms with E-state index in [9.17, 15) is 4.79 Å². The van der Waals surface area contributed by atoms with Gasteiger partial charge in [-0.3, -0.25) is 9.78 Å². The highest BCUT2D eigenvalue weighted by Gasteiger charge is 2.26. The lowest BCUT2D eigenvalue weighted by molar-refractivity contribution is 0.0993. The minimum atomic E-state index is 0.0241. The number of thiazole rings is 1. The second-order valence-electron chi connectivity index (χ2n) is 3.96. The molecule has 1 aliphatic rings. The minimum Gasteiger partial charge on any atom is -0.399 e. The van der Waals surface area contributed by atoms with Gasteiger partial charge >= 0.3 is 0 Å². The third kappa shape index (κ3) is 1.68. The van der Waals surface area contributed by atoms with E-state index in [1.807, 2.05) is 18.2 Å². The maximum absolute atomic E-state index is 12.2. The molecule has 0 unspecified atom stereocenters. The van der Waals surface area contributed by atoms with Gasteiger partial charge in [-0.05, 0) is 30.2 Å². The molecule has 0 spiro atoms. The molecule has 3 rings (SSSR count). The number of benzene rings is 1. The van der Waals surface area contributed by atoms with E-state index >= 15 is 0 Å². The van der Waals surface area contributed by atoms with Crippen LogP contribution >= 0.6 is 11.3 Å². The maximum atomic E-state index is 12.2. The molecule has 5 heteroatoms. The Morgan fingerprint density at radius 2 is 2.35 bits per heavy atom. The lowest BCUT2D eigenvalue weighted by Gasteiger charge is -2.16. The first-order valence-electron chi connectivity index (χ1n) is 5.34. The van der Waals surface area contributed by atoms with Crippen LogP contribution < -0.4 is 10.6 Å². The van der Waals surface area contributed by atoms with E-state index in [1.54, 1.807) is 16.6 Å². The summed E-state index contributed by atoms with van der Waals surface area (Å²) in [5.41, 5.74) is 10.3. The van der Waals surface area contributed by atoms with Crippen LogP contribution in [0.4, 0.5) is 11.4 Å². The first-order chi connectivity index (χ1) is 8.25. The third-order valence-corrected chi connectivity index (χ3v) is 3.65. The van der Waals surface area contributed by atoms with Crippen LogP contribution in [-0.2, 0) is 6.42 Å². The van der Waals surface area contributed by atoms with Crippen molar-refractivity contribution in [3.05, 3.63) is 40.3 Å². The molecule has 2 aromatic rings. The highest BCUT2D eigenvalue weighted by atomic mass is 32.1. The van der Waals surface area contributed by atoms with Crippen LogP contribution in [0.3, 0.4) is 0 Å². The molecule has 86 valence electrons. The van der Waals surface area contributed by atoms with Crippen molar-refractivity contribution in [2.75, 3.05) is 17.2 Å². The number of amides is 1. The molecule has 4 nitrogen and oxygen atoms in total. The van der Waals surface area contributed by atoms with Crippen LogP contribution in [0.1, 0.15) is 15.2 Å². The zero-order valence-corrected chi connectivity index (χ0v) is 9.91. The van der Waals surface area contributed by atoms with Crippen LogP contribution in [-0.4, -0.2) is 17.4 Å². The molecule has 1 aliphatic heterocycles. The van der Waals surface area contributed by atoms with Crippen LogP contribution in [0.2, 0.25) is 0 Å². The predicted molar refractivity (Wildman–Crippen MR) is 68.3 cm³/mol. The Morgan fingerprint density at radius 3 is 3.12 bits per heavy atom. The minimum absolute atomic E-state index is 0.0241. The Bertz CT molecular complexity index is 565. The van der Waals surface area contributed by atoms with E-state index in [0.717, 1.165) is 29.9 Å². The second-order valence-corrected chi connectivity index (χ2v) is 4.85. The second kappa shape index (κ2) is 3.85. The Balaban J connectivity index is 1.96. The van der Waals surface area contributed by atoms with E-state index in [1.165, 1.54) is 11.3 Å². The molecular weight excluding hydrogens is 234 g/mol. The Labute approximate surface area is 103 Å². The average Bonchev–Trinajstić information content (AvgIpc) is 2.96. The molecule has 0 aliphatic carbocycles. The lowest BCUT2D eigenvalue weighted by Crippen LogP contribution is -2.28. The number of hydrogen-bond donors (Lipinski definition) is 1. The number of nitrogens with two attached hydrogens (primary N) is 1. The summed E-state index contributed by atoms with van der Waals surface area (Å²) in [5.74, 6) is 0.0241. The molecular formula is C12H11N3OS. The normalized spacial score (nSPS) is 13.8. The van der Waals surface area contributed by atoms with Gasteiger partial charge in [0.15, 0.2) is 0 Å². The predicted octanol–water partition coefficient (Wildman–Crippen LogP) is 1.93. The summed E-state index contributed by atoms with van der Waals surface area (Å²) in [6, 6.07) is 5.68. The molecule has 0 atom stereocenters. The summed E-state index contributed by atoms with van der Waals surface area (Å²) < 4.78 is 0. The summed E-state index contributed by atoms with van der Waals surface area (Å²) in [4.78, 5) is 18.6. The van der Waals surface area contributed by atoms with Crippen molar-refractivity contribution in [3.63, 3.8) is 0 Å². The number of carbonyl (C=O) groups is 1. The smallest absolute Gasteiger partial charge is 0.269 e. The fraction of sp³-hybridized carbons (Fsp3) is 0.167. The molecule has 0 fully saturated rings. The number of fused-ring (bicyclic) bond motifs is 1. The molecule has 17 heavy (non-hydrogen) atoms. The first-order valence-corrected chi connectivity index (χ1v) is 6.22. The Hall–Kier alpha value is -1.88. The van der Waals surface area contributed by atoms with Crippen molar-refractivity contribution < 1.29 is 4.79 Å². The number of nitrogen functional groups attached to an aromatic ring is 1. The summed E-state index contributed by atoms with van der Waals surface area (Å²) in [7, 11) is 0. The fourth-order valence-corrected chi connectivity index (χ4v) is 2.66. The van der Waals surface area contributed by atoms with Gasteiger partial charge in [-0.25, -0.2) is 0 Å². The SMILES string of the molecule is Nc1ccc2c(c1)CCN2C(=O)c1cncs1.